The molecule has 0 heterocycles. The van der Waals surface area contributed by atoms with Crippen molar-refractivity contribution >= 4 is 94.7 Å². The van der Waals surface area contributed by atoms with Crippen LogP contribution >= 0.6 is 70.0 Å². The normalized spacial score (nSPS) is 12.0. The molecule has 0 radical (unpaired) electrons. The van der Waals surface area contributed by atoms with E-state index in [2.05, 4.69) is 190 Å². The molecule has 1 aliphatic rings. The maximum absolute atomic E-state index is 2.99. The van der Waals surface area contributed by atoms with E-state index in [-0.39, 0.29) is 35.6 Å². The van der Waals surface area contributed by atoms with Crippen molar-refractivity contribution in [3.8, 4) is 0 Å². The van der Waals surface area contributed by atoms with Crippen LogP contribution in [-0.2, 0) is 35.1 Å². The fraction of sp³-hybridized carbons (Fsp3) is 0.231. The van der Waals surface area contributed by atoms with Crippen molar-refractivity contribution in [3.05, 3.63) is 145 Å². The van der Waals surface area contributed by atoms with Gasteiger partial charge in [0.1, 0.15) is 0 Å². The Hall–Kier alpha value is -0.977. The van der Waals surface area contributed by atoms with Crippen LogP contribution in [0.25, 0.3) is 21.5 Å². The molecule has 1 aliphatic carbocycles. The van der Waals surface area contributed by atoms with Gasteiger partial charge in [-0.2, -0.15) is 6.08 Å². The van der Waals surface area contributed by atoms with E-state index in [0.717, 1.165) is 6.42 Å². The van der Waals surface area contributed by atoms with E-state index in [1.54, 1.807) is 0 Å². The maximum atomic E-state index is 2.99. The third-order valence-corrected chi connectivity index (χ3v) is 10.1. The average molecular weight is 925 g/mol. The zero-order valence-electron chi connectivity index (χ0n) is 26.2. The van der Waals surface area contributed by atoms with E-state index >= 15 is 0 Å². The summed E-state index contributed by atoms with van der Waals surface area (Å²) >= 11 is 6.13. The summed E-state index contributed by atoms with van der Waals surface area (Å²) in [5.74, 6) is 0. The van der Waals surface area contributed by atoms with Gasteiger partial charge in [-0.15, -0.1) is 71.0 Å². The number of rotatable bonds is 2. The quantitative estimate of drug-likeness (QED) is 0.122. The van der Waals surface area contributed by atoms with E-state index in [1.807, 2.05) is 12.2 Å². The third kappa shape index (κ3) is 10.8. The Morgan fingerprint density at radius 2 is 1.07 bits per heavy atom. The molecule has 0 saturated carbocycles. The van der Waals surface area contributed by atoms with Gasteiger partial charge in [-0.25, -0.2) is 12.2 Å². The van der Waals surface area contributed by atoms with E-state index < -0.39 is 0 Å². The van der Waals surface area contributed by atoms with Gasteiger partial charge >= 0.3 is 139 Å². The molecule has 0 aromatic heterocycles. The Morgan fingerprint density at radius 3 is 1.36 bits per heavy atom. The van der Waals surface area contributed by atoms with Crippen molar-refractivity contribution in [2.24, 2.45) is 0 Å². The fourth-order valence-electron chi connectivity index (χ4n) is 4.67. The molecule has 0 bridgehead atoms. The van der Waals surface area contributed by atoms with Gasteiger partial charge in [0.25, 0.3) is 0 Å². The molecule has 0 N–H and O–H groups in total. The first kappa shape index (κ1) is 39.2. The molecule has 228 valence electrons. The molecule has 0 fully saturated rings. The van der Waals surface area contributed by atoms with E-state index in [4.69, 9.17) is 0 Å². The summed E-state index contributed by atoms with van der Waals surface area (Å²) in [7, 11) is 0. The molecule has 5 aromatic rings. The summed E-state index contributed by atoms with van der Waals surface area (Å²) in [6.07, 6.45) is 10.0. The van der Waals surface area contributed by atoms with E-state index in [9.17, 15) is 0 Å². The number of halogens is 4. The fourth-order valence-corrected chi connectivity index (χ4v) is 6.21. The molecule has 0 nitrogen and oxygen atoms in total. The summed E-state index contributed by atoms with van der Waals surface area (Å²) in [6.45, 7) is 13.7. The number of fused-ring (bicyclic) bond motifs is 3. The van der Waals surface area contributed by atoms with Gasteiger partial charge in [-0.05, 0) is 10.8 Å². The van der Waals surface area contributed by atoms with Crippen LogP contribution in [0, 0.1) is 13.2 Å². The minimum absolute atomic E-state index is 0. The molecule has 0 amide bonds. The monoisotopic (exact) mass is 922 g/mol. The Balaban J connectivity index is 0.000000260. The zero-order chi connectivity index (χ0) is 30.5. The molecule has 44 heavy (non-hydrogen) atoms. The van der Waals surface area contributed by atoms with Gasteiger partial charge in [0, 0.05) is 0 Å². The molecule has 0 unspecified atom stereocenters. The zero-order valence-corrected chi connectivity index (χ0v) is 34.6. The van der Waals surface area contributed by atoms with Crippen LogP contribution in [0.3, 0.4) is 0 Å². The van der Waals surface area contributed by atoms with Crippen LogP contribution < -0.4 is 0 Å². The van der Waals surface area contributed by atoms with Crippen molar-refractivity contribution in [1.29, 1.82) is 0 Å². The first-order valence-corrected chi connectivity index (χ1v) is 17.7. The molecular weight excluding hydrogens is 884 g/mol. The number of allylic oxidation sites excluding steroid dienone is 4. The third-order valence-electron chi connectivity index (χ3n) is 7.29. The van der Waals surface area contributed by atoms with Crippen molar-refractivity contribution in [2.45, 2.75) is 58.8 Å². The van der Waals surface area contributed by atoms with Gasteiger partial charge < -0.3 is 0 Å². The Bertz CT molecular complexity index is 1600. The second kappa shape index (κ2) is 17.3. The average Bonchev–Trinajstić information content (AvgIpc) is 3.64. The molecule has 0 saturated heterocycles. The number of benzene rings is 4. The van der Waals surface area contributed by atoms with Gasteiger partial charge in [0.05, 0.1) is 0 Å². The van der Waals surface area contributed by atoms with Crippen molar-refractivity contribution < 1.29 is 24.2 Å². The molecule has 0 atom stereocenters. The Labute approximate surface area is 319 Å². The van der Waals surface area contributed by atoms with Gasteiger partial charge in [0.15, 0.2) is 0 Å². The second-order valence-electron chi connectivity index (χ2n) is 12.6. The summed E-state index contributed by atoms with van der Waals surface area (Å²) in [5, 5.41) is 5.49. The van der Waals surface area contributed by atoms with E-state index in [0.29, 0.717) is 0 Å². The van der Waals surface area contributed by atoms with Crippen LogP contribution in [0.4, 0.5) is 0 Å². The molecule has 0 aliphatic heterocycles. The summed E-state index contributed by atoms with van der Waals surface area (Å²) in [5.41, 5.74) is 5.87. The van der Waals surface area contributed by atoms with Gasteiger partial charge in [-0.3, -0.25) is 6.08 Å². The van der Waals surface area contributed by atoms with Crippen LogP contribution in [-0.4, -0.2) is 3.21 Å². The van der Waals surface area contributed by atoms with Crippen LogP contribution in [0.5, 0.6) is 0 Å². The SMILES string of the molecule is CC(C)(C)c1ccc2[cH-]c3ccc(C(C)(C)C)cc3c2c1.Cl.Cl.[C-]1=CC=CC1.[Zr+2]=[C](c1ccc(I)cc1)c1ccc(I)cc1. The topological polar surface area (TPSA) is 0 Å². The molecule has 5 aromatic carbocycles. The van der Waals surface area contributed by atoms with E-state index in [1.165, 1.54) is 78.4 Å². The minimum atomic E-state index is 0. The Kier molecular flexibility index (Phi) is 15.4. The van der Waals surface area contributed by atoms with Crippen LogP contribution in [0.2, 0.25) is 0 Å². The molecular formula is C39H40Cl2I2Zr. The van der Waals surface area contributed by atoms with Crippen molar-refractivity contribution in [1.82, 2.24) is 0 Å². The van der Waals surface area contributed by atoms with Crippen LogP contribution in [0.15, 0.2) is 109 Å². The second-order valence-corrected chi connectivity index (χ2v) is 16.4. The van der Waals surface area contributed by atoms with Crippen molar-refractivity contribution in [3.63, 3.8) is 0 Å². The molecule has 5 heteroatoms. The summed E-state index contributed by atoms with van der Waals surface area (Å²) < 4.78 is 3.99. The summed E-state index contributed by atoms with van der Waals surface area (Å²) in [6, 6.07) is 33.6. The summed E-state index contributed by atoms with van der Waals surface area (Å²) in [4.78, 5) is 0. The van der Waals surface area contributed by atoms with Crippen LogP contribution in [0.1, 0.15) is 70.2 Å². The predicted octanol–water partition coefficient (Wildman–Crippen LogP) is 12.5. The molecule has 6 rings (SSSR count). The number of hydrogen-bond acceptors (Lipinski definition) is 0. The standard InChI is InChI=1S/C21H25.C13H8I2.C5H5.2ClH.Zr/c1-20(2,3)16-9-7-14-11-15-8-10-17(21(4,5)6)13-19(15)18(14)12-16;14-12-5-1-10(2-6-12)9-11-3-7-13(15)8-4-11;1-2-4-5-3-1;;;/h7-13H,1-6H3;1-8H;1-3H,4H2;2*1H;/q-1;;-1;;;+2. The number of hydrogen-bond donors (Lipinski definition) is 0. The van der Waals surface area contributed by atoms with Gasteiger partial charge in [-0.1, -0.05) is 76.9 Å². The Morgan fingerprint density at radius 1 is 0.659 bits per heavy atom. The first-order chi connectivity index (χ1) is 19.8. The van der Waals surface area contributed by atoms with Gasteiger partial charge in [0.2, 0.25) is 0 Å². The predicted molar refractivity (Wildman–Crippen MR) is 212 cm³/mol. The molecule has 0 spiro atoms. The van der Waals surface area contributed by atoms with Crippen molar-refractivity contribution in [2.75, 3.05) is 0 Å². The first-order valence-electron chi connectivity index (χ1n) is 14.3.